The summed E-state index contributed by atoms with van der Waals surface area (Å²) in [5.74, 6) is -0.169. The van der Waals surface area contributed by atoms with Gasteiger partial charge in [-0.25, -0.2) is 4.39 Å². The maximum absolute atomic E-state index is 14.1. The van der Waals surface area contributed by atoms with Gasteiger partial charge in [-0.05, 0) is 77.0 Å². The number of hydrogen-bond acceptors (Lipinski definition) is 1. The Morgan fingerprint density at radius 1 is 1.14 bits per heavy atom. The van der Waals surface area contributed by atoms with Crippen molar-refractivity contribution in [3.63, 3.8) is 0 Å². The molecule has 0 heterocycles. The standard InChI is InChI=1S/C16H15Br2FIN/c1-2-21-16(13-8-11(17)5-6-15(13)20)7-10-3-4-12(18)9-14(10)19/h3-6,8-9,16,21H,2,7H2,1H3. The number of likely N-dealkylation sites (N-methyl/N-ethyl adjacent to an activating group) is 1. The van der Waals surface area contributed by atoms with Crippen LogP contribution in [-0.2, 0) is 6.42 Å². The average Bonchev–Trinajstić information content (AvgIpc) is 2.44. The molecule has 1 N–H and O–H groups in total. The average molecular weight is 527 g/mol. The number of hydrogen-bond donors (Lipinski definition) is 1. The zero-order chi connectivity index (χ0) is 15.4. The molecule has 0 radical (unpaired) electrons. The van der Waals surface area contributed by atoms with Crippen LogP contribution < -0.4 is 5.32 Å². The first kappa shape index (κ1) is 17.4. The van der Waals surface area contributed by atoms with Crippen molar-refractivity contribution in [1.29, 1.82) is 0 Å². The van der Waals surface area contributed by atoms with E-state index in [1.807, 2.05) is 18.2 Å². The van der Waals surface area contributed by atoms with E-state index in [0.29, 0.717) is 6.42 Å². The van der Waals surface area contributed by atoms with E-state index in [9.17, 15) is 4.39 Å². The molecule has 0 aliphatic heterocycles. The van der Waals surface area contributed by atoms with Crippen LogP contribution in [0.1, 0.15) is 24.1 Å². The fraction of sp³-hybridized carbons (Fsp3) is 0.250. The first-order chi connectivity index (χ1) is 10.0. The molecule has 0 amide bonds. The molecule has 2 aromatic carbocycles. The van der Waals surface area contributed by atoms with Gasteiger partial charge in [0.25, 0.3) is 0 Å². The normalized spacial score (nSPS) is 12.4. The van der Waals surface area contributed by atoms with Crippen molar-refractivity contribution in [2.75, 3.05) is 6.54 Å². The molecule has 2 aromatic rings. The van der Waals surface area contributed by atoms with E-state index in [4.69, 9.17) is 0 Å². The Morgan fingerprint density at radius 3 is 2.48 bits per heavy atom. The maximum Gasteiger partial charge on any atom is 0.127 e. The number of rotatable bonds is 5. The predicted molar refractivity (Wildman–Crippen MR) is 101 cm³/mol. The largest absolute Gasteiger partial charge is 0.310 e. The van der Waals surface area contributed by atoms with Crippen LogP contribution in [0.15, 0.2) is 45.3 Å². The summed E-state index contributed by atoms with van der Waals surface area (Å²) in [6.45, 7) is 2.90. The van der Waals surface area contributed by atoms with Gasteiger partial charge >= 0.3 is 0 Å². The van der Waals surface area contributed by atoms with Crippen LogP contribution in [0.25, 0.3) is 0 Å². The Kier molecular flexibility index (Phi) is 6.65. The Bertz CT molecular complexity index is 634. The van der Waals surface area contributed by atoms with Crippen molar-refractivity contribution in [1.82, 2.24) is 5.32 Å². The lowest BCUT2D eigenvalue weighted by Gasteiger charge is -2.20. The molecule has 2 rings (SSSR count). The lowest BCUT2D eigenvalue weighted by Crippen LogP contribution is -2.24. The van der Waals surface area contributed by atoms with Gasteiger partial charge in [-0.1, -0.05) is 44.8 Å². The third-order valence-corrected chi connectivity index (χ3v) is 5.19. The van der Waals surface area contributed by atoms with Crippen LogP contribution in [-0.4, -0.2) is 6.54 Å². The van der Waals surface area contributed by atoms with E-state index in [2.05, 4.69) is 78.8 Å². The molecule has 0 aliphatic rings. The lowest BCUT2D eigenvalue weighted by molar-refractivity contribution is 0.526. The topological polar surface area (TPSA) is 12.0 Å². The summed E-state index contributed by atoms with van der Waals surface area (Å²) in [5, 5.41) is 3.45. The summed E-state index contributed by atoms with van der Waals surface area (Å²) in [6.07, 6.45) is 0.624. The molecule has 0 aromatic heterocycles. The van der Waals surface area contributed by atoms with E-state index in [1.165, 1.54) is 15.2 Å². The van der Waals surface area contributed by atoms with Crippen molar-refractivity contribution < 1.29 is 4.39 Å². The van der Waals surface area contributed by atoms with E-state index >= 15 is 0 Å². The van der Waals surface area contributed by atoms with Crippen LogP contribution in [0.5, 0.6) is 0 Å². The zero-order valence-corrected chi connectivity index (χ0v) is 16.8. The molecule has 0 saturated carbocycles. The molecule has 0 saturated heterocycles. The molecular formula is C16H15Br2FIN. The fourth-order valence-corrected chi connectivity index (χ4v) is 3.65. The van der Waals surface area contributed by atoms with Crippen LogP contribution in [0.4, 0.5) is 4.39 Å². The monoisotopic (exact) mass is 525 g/mol. The minimum Gasteiger partial charge on any atom is -0.310 e. The molecule has 21 heavy (non-hydrogen) atoms. The van der Waals surface area contributed by atoms with Gasteiger partial charge in [0.2, 0.25) is 0 Å². The van der Waals surface area contributed by atoms with E-state index < -0.39 is 0 Å². The minimum atomic E-state index is -0.169. The molecular weight excluding hydrogens is 512 g/mol. The highest BCUT2D eigenvalue weighted by atomic mass is 127. The lowest BCUT2D eigenvalue weighted by atomic mass is 9.98. The van der Waals surface area contributed by atoms with Gasteiger partial charge < -0.3 is 5.32 Å². The van der Waals surface area contributed by atoms with Crippen LogP contribution in [0, 0.1) is 9.39 Å². The second-order valence-corrected chi connectivity index (χ2v) is 7.71. The quantitative estimate of drug-likeness (QED) is 0.482. The maximum atomic E-state index is 14.1. The molecule has 1 nitrogen and oxygen atoms in total. The highest BCUT2D eigenvalue weighted by Gasteiger charge is 2.16. The second kappa shape index (κ2) is 8.04. The molecule has 5 heteroatoms. The first-order valence-corrected chi connectivity index (χ1v) is 9.30. The Labute approximate surface area is 155 Å². The van der Waals surface area contributed by atoms with Gasteiger partial charge in [0.1, 0.15) is 5.82 Å². The van der Waals surface area contributed by atoms with E-state index in [0.717, 1.165) is 21.1 Å². The Balaban J connectivity index is 2.32. The molecule has 1 atom stereocenters. The summed E-state index contributed by atoms with van der Waals surface area (Å²) in [4.78, 5) is 0. The Hall–Kier alpha value is 0.0200. The van der Waals surface area contributed by atoms with Crippen LogP contribution in [0.3, 0.4) is 0 Å². The van der Waals surface area contributed by atoms with Gasteiger partial charge in [0, 0.05) is 18.6 Å². The minimum absolute atomic E-state index is 0.0927. The molecule has 0 bridgehead atoms. The summed E-state index contributed by atoms with van der Waals surface area (Å²) in [6, 6.07) is 11.5. The number of benzene rings is 2. The van der Waals surface area contributed by atoms with E-state index in [1.54, 1.807) is 0 Å². The van der Waals surface area contributed by atoms with Gasteiger partial charge in [-0.15, -0.1) is 0 Å². The molecule has 0 fully saturated rings. The third-order valence-electron chi connectivity index (χ3n) is 3.22. The number of halogens is 4. The summed E-state index contributed by atoms with van der Waals surface area (Å²) in [7, 11) is 0. The van der Waals surface area contributed by atoms with Crippen LogP contribution in [0.2, 0.25) is 0 Å². The van der Waals surface area contributed by atoms with Crippen molar-refractivity contribution in [2.24, 2.45) is 0 Å². The molecule has 0 aliphatic carbocycles. The molecule has 112 valence electrons. The second-order valence-electron chi connectivity index (χ2n) is 4.72. The highest BCUT2D eigenvalue weighted by molar-refractivity contribution is 14.1. The number of nitrogens with one attached hydrogen (secondary N) is 1. The van der Waals surface area contributed by atoms with Crippen molar-refractivity contribution in [3.8, 4) is 0 Å². The first-order valence-electron chi connectivity index (χ1n) is 6.63. The van der Waals surface area contributed by atoms with Crippen LogP contribution >= 0.6 is 54.5 Å². The Morgan fingerprint density at radius 2 is 1.81 bits per heavy atom. The SMILES string of the molecule is CCNC(Cc1ccc(Br)cc1F)c1cc(Br)ccc1I. The van der Waals surface area contributed by atoms with Crippen molar-refractivity contribution in [2.45, 2.75) is 19.4 Å². The van der Waals surface area contributed by atoms with E-state index in [-0.39, 0.29) is 11.9 Å². The fourth-order valence-electron chi connectivity index (χ4n) is 2.23. The van der Waals surface area contributed by atoms with Gasteiger partial charge in [-0.2, -0.15) is 0 Å². The smallest absolute Gasteiger partial charge is 0.127 e. The van der Waals surface area contributed by atoms with Gasteiger partial charge in [0.05, 0.1) is 0 Å². The third kappa shape index (κ3) is 4.74. The summed E-state index contributed by atoms with van der Waals surface area (Å²) >= 11 is 9.14. The van der Waals surface area contributed by atoms with Crippen molar-refractivity contribution in [3.05, 3.63) is 65.9 Å². The van der Waals surface area contributed by atoms with Gasteiger partial charge in [-0.3, -0.25) is 0 Å². The zero-order valence-electron chi connectivity index (χ0n) is 11.5. The highest BCUT2D eigenvalue weighted by Crippen LogP contribution is 2.28. The molecule has 1 unspecified atom stereocenters. The summed E-state index contributed by atoms with van der Waals surface area (Å²) in [5.41, 5.74) is 1.91. The van der Waals surface area contributed by atoms with Crippen molar-refractivity contribution >= 4 is 54.5 Å². The summed E-state index contributed by atoms with van der Waals surface area (Å²) < 4.78 is 17.1. The predicted octanol–water partition coefficient (Wildman–Crippen LogP) is 5.85. The van der Waals surface area contributed by atoms with Gasteiger partial charge in [0.15, 0.2) is 0 Å². The molecule has 0 spiro atoms.